The normalized spacial score (nSPS) is 10.1. The number of rotatable bonds is 4. The molecule has 2 N–H and O–H groups in total. The Morgan fingerprint density at radius 1 is 1.35 bits per heavy atom. The topological polar surface area (TPSA) is 84.8 Å². The minimum atomic E-state index is 0.169. The molecule has 0 saturated carbocycles. The zero-order chi connectivity index (χ0) is 14.5. The van der Waals surface area contributed by atoms with Crippen molar-refractivity contribution in [2.45, 2.75) is 6.42 Å². The number of hydrogen-bond acceptors (Lipinski definition) is 5. The SMILES string of the molecule is N#Cc1cnc(CCOc2ccc(Cl)cc2Cl)nc1N. The van der Waals surface area contributed by atoms with Gasteiger partial charge in [0.1, 0.15) is 29.0 Å². The van der Waals surface area contributed by atoms with E-state index in [1.807, 2.05) is 6.07 Å². The first-order valence-corrected chi connectivity index (χ1v) is 6.45. The van der Waals surface area contributed by atoms with Crippen LogP contribution in [0.25, 0.3) is 0 Å². The number of nitriles is 1. The Hall–Kier alpha value is -2.03. The monoisotopic (exact) mass is 308 g/mol. The van der Waals surface area contributed by atoms with Gasteiger partial charge in [0, 0.05) is 11.4 Å². The largest absolute Gasteiger partial charge is 0.492 e. The lowest BCUT2D eigenvalue weighted by atomic mass is 10.3. The van der Waals surface area contributed by atoms with E-state index in [1.165, 1.54) is 6.20 Å². The summed E-state index contributed by atoms with van der Waals surface area (Å²) in [5, 5.41) is 9.72. The maximum atomic E-state index is 8.73. The van der Waals surface area contributed by atoms with Crippen LogP contribution in [0.5, 0.6) is 5.75 Å². The maximum Gasteiger partial charge on any atom is 0.145 e. The fourth-order valence-corrected chi connectivity index (χ4v) is 1.95. The van der Waals surface area contributed by atoms with E-state index in [1.54, 1.807) is 18.2 Å². The van der Waals surface area contributed by atoms with Crippen molar-refractivity contribution in [1.82, 2.24) is 9.97 Å². The van der Waals surface area contributed by atoms with Crippen LogP contribution in [0.1, 0.15) is 11.4 Å². The lowest BCUT2D eigenvalue weighted by Crippen LogP contribution is -2.07. The van der Waals surface area contributed by atoms with Crippen LogP contribution in [0.3, 0.4) is 0 Å². The van der Waals surface area contributed by atoms with E-state index in [0.717, 1.165) is 0 Å². The van der Waals surface area contributed by atoms with E-state index in [9.17, 15) is 0 Å². The first-order valence-electron chi connectivity index (χ1n) is 5.69. The number of ether oxygens (including phenoxy) is 1. The number of halogens is 2. The molecular formula is C13H10Cl2N4O. The number of aromatic nitrogens is 2. The van der Waals surface area contributed by atoms with Crippen molar-refractivity contribution in [3.63, 3.8) is 0 Å². The van der Waals surface area contributed by atoms with E-state index in [2.05, 4.69) is 9.97 Å². The van der Waals surface area contributed by atoms with Crippen molar-refractivity contribution < 1.29 is 4.74 Å². The van der Waals surface area contributed by atoms with Gasteiger partial charge >= 0.3 is 0 Å². The molecule has 0 amide bonds. The van der Waals surface area contributed by atoms with Crippen LogP contribution in [0.15, 0.2) is 24.4 Å². The number of nitrogens with zero attached hydrogens (tertiary/aromatic N) is 3. The Labute approximate surface area is 125 Å². The molecule has 0 bridgehead atoms. The molecule has 0 fully saturated rings. The summed E-state index contributed by atoms with van der Waals surface area (Å²) in [5.74, 6) is 1.21. The van der Waals surface area contributed by atoms with Gasteiger partial charge in [-0.2, -0.15) is 5.26 Å². The molecule has 102 valence electrons. The third-order valence-electron chi connectivity index (χ3n) is 2.47. The molecule has 0 aliphatic rings. The molecule has 0 saturated heterocycles. The van der Waals surface area contributed by atoms with Crippen molar-refractivity contribution in [3.8, 4) is 11.8 Å². The molecule has 0 aliphatic carbocycles. The molecule has 20 heavy (non-hydrogen) atoms. The summed E-state index contributed by atoms with van der Waals surface area (Å²) < 4.78 is 5.52. The Morgan fingerprint density at radius 3 is 2.80 bits per heavy atom. The summed E-state index contributed by atoms with van der Waals surface area (Å²) in [7, 11) is 0. The van der Waals surface area contributed by atoms with E-state index in [4.69, 9.17) is 38.9 Å². The maximum absolute atomic E-state index is 8.73. The third kappa shape index (κ3) is 3.50. The first kappa shape index (κ1) is 14.4. The molecule has 2 rings (SSSR count). The van der Waals surface area contributed by atoms with Crippen molar-refractivity contribution >= 4 is 29.0 Å². The van der Waals surface area contributed by atoms with Crippen molar-refractivity contribution in [3.05, 3.63) is 45.8 Å². The van der Waals surface area contributed by atoms with Crippen LogP contribution in [-0.4, -0.2) is 16.6 Å². The summed E-state index contributed by atoms with van der Waals surface area (Å²) in [6, 6.07) is 6.90. The Kier molecular flexibility index (Phi) is 4.61. The van der Waals surface area contributed by atoms with Crippen molar-refractivity contribution in [1.29, 1.82) is 5.26 Å². The number of nitrogen functional groups attached to an aromatic ring is 1. The lowest BCUT2D eigenvalue weighted by Gasteiger charge is -2.08. The Morgan fingerprint density at radius 2 is 2.15 bits per heavy atom. The van der Waals surface area contributed by atoms with Gasteiger partial charge in [-0.25, -0.2) is 9.97 Å². The predicted molar refractivity (Wildman–Crippen MR) is 76.8 cm³/mol. The summed E-state index contributed by atoms with van der Waals surface area (Å²) >= 11 is 11.8. The van der Waals surface area contributed by atoms with E-state index < -0.39 is 0 Å². The summed E-state index contributed by atoms with van der Waals surface area (Å²) in [6.07, 6.45) is 1.85. The molecule has 7 heteroatoms. The molecule has 0 atom stereocenters. The van der Waals surface area contributed by atoms with Gasteiger partial charge in [-0.05, 0) is 18.2 Å². The molecule has 0 spiro atoms. The van der Waals surface area contributed by atoms with Gasteiger partial charge < -0.3 is 10.5 Å². The third-order valence-corrected chi connectivity index (χ3v) is 3.00. The van der Waals surface area contributed by atoms with E-state index >= 15 is 0 Å². The van der Waals surface area contributed by atoms with Gasteiger partial charge in [0.15, 0.2) is 0 Å². The minimum absolute atomic E-state index is 0.169. The highest BCUT2D eigenvalue weighted by Gasteiger charge is 2.05. The van der Waals surface area contributed by atoms with Gasteiger partial charge in [0.25, 0.3) is 0 Å². The number of nitrogens with two attached hydrogens (primary N) is 1. The molecule has 1 aromatic carbocycles. The highest BCUT2D eigenvalue weighted by Crippen LogP contribution is 2.27. The first-order chi connectivity index (χ1) is 9.60. The number of benzene rings is 1. The lowest BCUT2D eigenvalue weighted by molar-refractivity contribution is 0.319. The molecular weight excluding hydrogens is 299 g/mol. The fraction of sp³-hybridized carbons (Fsp3) is 0.154. The molecule has 0 unspecified atom stereocenters. The summed E-state index contributed by atoms with van der Waals surface area (Å²) in [4.78, 5) is 8.05. The van der Waals surface area contributed by atoms with Crippen molar-refractivity contribution in [2.75, 3.05) is 12.3 Å². The predicted octanol–water partition coefficient (Wildman–Crippen LogP) is 2.86. The van der Waals surface area contributed by atoms with Gasteiger partial charge in [-0.1, -0.05) is 23.2 Å². The van der Waals surface area contributed by atoms with Gasteiger partial charge in [-0.3, -0.25) is 0 Å². The molecule has 5 nitrogen and oxygen atoms in total. The zero-order valence-corrected chi connectivity index (χ0v) is 11.8. The highest BCUT2D eigenvalue weighted by molar-refractivity contribution is 6.35. The van der Waals surface area contributed by atoms with E-state index in [-0.39, 0.29) is 11.4 Å². The second kappa shape index (κ2) is 6.42. The minimum Gasteiger partial charge on any atom is -0.492 e. The van der Waals surface area contributed by atoms with Gasteiger partial charge in [0.05, 0.1) is 17.8 Å². The summed E-state index contributed by atoms with van der Waals surface area (Å²) in [5.41, 5.74) is 5.86. The molecule has 1 heterocycles. The van der Waals surface area contributed by atoms with Crippen LogP contribution >= 0.6 is 23.2 Å². The van der Waals surface area contributed by atoms with Crippen molar-refractivity contribution in [2.24, 2.45) is 0 Å². The van der Waals surface area contributed by atoms with Crippen LogP contribution in [-0.2, 0) is 6.42 Å². The quantitative estimate of drug-likeness (QED) is 0.938. The standard InChI is InChI=1S/C13H10Cl2N4O/c14-9-1-2-11(10(15)5-9)20-4-3-12-18-7-8(6-16)13(17)19-12/h1-2,5,7H,3-4H2,(H2,17,18,19). The smallest absolute Gasteiger partial charge is 0.145 e. The van der Waals surface area contributed by atoms with E-state index in [0.29, 0.717) is 34.6 Å². The van der Waals surface area contributed by atoms with Crippen LogP contribution < -0.4 is 10.5 Å². The fourth-order valence-electron chi connectivity index (χ4n) is 1.48. The van der Waals surface area contributed by atoms with Crippen LogP contribution in [0.2, 0.25) is 10.0 Å². The molecule has 1 aromatic heterocycles. The number of anilines is 1. The molecule has 2 aromatic rings. The van der Waals surface area contributed by atoms with Gasteiger partial charge in [-0.15, -0.1) is 0 Å². The highest BCUT2D eigenvalue weighted by atomic mass is 35.5. The second-order valence-corrected chi connectivity index (χ2v) is 4.71. The summed E-state index contributed by atoms with van der Waals surface area (Å²) in [6.45, 7) is 0.340. The second-order valence-electron chi connectivity index (χ2n) is 3.87. The van der Waals surface area contributed by atoms with Crippen LogP contribution in [0.4, 0.5) is 5.82 Å². The zero-order valence-electron chi connectivity index (χ0n) is 10.3. The number of hydrogen-bond donors (Lipinski definition) is 1. The average Bonchev–Trinajstić information content (AvgIpc) is 2.41. The van der Waals surface area contributed by atoms with Crippen LogP contribution in [0, 0.1) is 11.3 Å². The molecule has 0 aliphatic heterocycles. The molecule has 0 radical (unpaired) electrons. The van der Waals surface area contributed by atoms with Gasteiger partial charge in [0.2, 0.25) is 0 Å². The average molecular weight is 309 g/mol. The Bertz CT molecular complexity index is 670. The Balaban J connectivity index is 1.96.